The van der Waals surface area contributed by atoms with E-state index in [9.17, 15) is 14.9 Å². The number of halogens is 1. The number of carbonyl (C=O) groups excluding carboxylic acids is 1. The molecule has 9 heteroatoms. The molecule has 0 atom stereocenters. The van der Waals surface area contributed by atoms with Crippen molar-refractivity contribution < 1.29 is 19.2 Å². The lowest BCUT2D eigenvalue weighted by Crippen LogP contribution is -1.98. The average molecular weight is 315 g/mol. The third kappa shape index (κ3) is 3.03. The van der Waals surface area contributed by atoms with Crippen LogP contribution in [-0.2, 0) is 4.74 Å². The van der Waals surface area contributed by atoms with E-state index >= 15 is 0 Å². The van der Waals surface area contributed by atoms with E-state index in [1.54, 1.807) is 0 Å². The van der Waals surface area contributed by atoms with E-state index in [-0.39, 0.29) is 20.9 Å². The van der Waals surface area contributed by atoms with Gasteiger partial charge in [0.2, 0.25) is 0 Å². The van der Waals surface area contributed by atoms with Gasteiger partial charge in [0.05, 0.1) is 12.0 Å². The van der Waals surface area contributed by atoms with E-state index in [0.29, 0.717) is 5.75 Å². The van der Waals surface area contributed by atoms with Crippen molar-refractivity contribution in [3.05, 3.63) is 44.4 Å². The third-order valence-corrected chi connectivity index (χ3v) is 3.49. The van der Waals surface area contributed by atoms with Crippen LogP contribution in [0.3, 0.4) is 0 Å². The minimum Gasteiger partial charge on any atom is -0.465 e. The summed E-state index contributed by atoms with van der Waals surface area (Å²) < 4.78 is 9.90. The van der Waals surface area contributed by atoms with Gasteiger partial charge in [0, 0.05) is 12.1 Å². The van der Waals surface area contributed by atoms with Crippen LogP contribution in [0.2, 0.25) is 5.15 Å². The first-order valence-electron chi connectivity index (χ1n) is 5.18. The molecule has 2 rings (SSSR count). The van der Waals surface area contributed by atoms with Crippen molar-refractivity contribution in [2.24, 2.45) is 0 Å². The van der Waals surface area contributed by atoms with Crippen LogP contribution >= 0.6 is 22.9 Å². The summed E-state index contributed by atoms with van der Waals surface area (Å²) >= 11 is 6.70. The molecule has 0 N–H and O–H groups in total. The fourth-order valence-corrected chi connectivity index (χ4v) is 2.35. The van der Waals surface area contributed by atoms with Crippen molar-refractivity contribution in [3.8, 4) is 10.9 Å². The fraction of sp³-hybridized carbons (Fsp3) is 0.0909. The van der Waals surface area contributed by atoms with E-state index in [1.165, 1.54) is 31.4 Å². The molecule has 0 spiro atoms. The quantitative estimate of drug-likeness (QED) is 0.488. The number of ether oxygens (including phenoxy) is 2. The van der Waals surface area contributed by atoms with Gasteiger partial charge in [-0.1, -0.05) is 22.9 Å². The zero-order chi connectivity index (χ0) is 14.7. The lowest BCUT2D eigenvalue weighted by atomic mass is 10.3. The number of carbonyl (C=O) groups is 1. The molecule has 2 aromatic rings. The van der Waals surface area contributed by atoms with E-state index in [0.717, 1.165) is 11.3 Å². The van der Waals surface area contributed by atoms with Crippen LogP contribution in [0.1, 0.15) is 9.67 Å². The maximum atomic E-state index is 11.4. The molecule has 0 bridgehead atoms. The van der Waals surface area contributed by atoms with Gasteiger partial charge in [-0.15, -0.1) is 0 Å². The van der Waals surface area contributed by atoms with E-state index < -0.39 is 10.9 Å². The summed E-state index contributed by atoms with van der Waals surface area (Å²) in [6.45, 7) is 0. The van der Waals surface area contributed by atoms with E-state index in [2.05, 4.69) is 9.72 Å². The lowest BCUT2D eigenvalue weighted by Gasteiger charge is -2.00. The van der Waals surface area contributed by atoms with Gasteiger partial charge in [0.25, 0.3) is 10.9 Å². The standard InChI is InChI=1S/C11H7ClN2O5S/c1-18-10(15)8-9(12)13-11(20-8)19-7-4-2-6(3-5-7)14(16)17/h2-5H,1H3. The zero-order valence-corrected chi connectivity index (χ0v) is 11.6. The summed E-state index contributed by atoms with van der Waals surface area (Å²) in [4.78, 5) is 25.3. The van der Waals surface area contributed by atoms with Gasteiger partial charge < -0.3 is 9.47 Å². The molecule has 0 unspecified atom stereocenters. The Hall–Kier alpha value is -2.19. The largest absolute Gasteiger partial charge is 0.465 e. The number of nitrogens with zero attached hydrogens (tertiary/aromatic N) is 2. The van der Waals surface area contributed by atoms with E-state index in [4.69, 9.17) is 16.3 Å². The highest BCUT2D eigenvalue weighted by Gasteiger charge is 2.18. The second-order valence-corrected chi connectivity index (χ2v) is 4.76. The van der Waals surface area contributed by atoms with Crippen molar-refractivity contribution in [2.75, 3.05) is 7.11 Å². The molecule has 1 aromatic heterocycles. The molecule has 7 nitrogen and oxygen atoms in total. The highest BCUT2D eigenvalue weighted by Crippen LogP contribution is 2.32. The fourth-order valence-electron chi connectivity index (χ4n) is 1.28. The lowest BCUT2D eigenvalue weighted by molar-refractivity contribution is -0.384. The topological polar surface area (TPSA) is 91.6 Å². The molecule has 0 amide bonds. The van der Waals surface area contributed by atoms with Gasteiger partial charge in [0.15, 0.2) is 10.0 Å². The van der Waals surface area contributed by atoms with Crippen LogP contribution in [-0.4, -0.2) is 23.0 Å². The van der Waals surface area contributed by atoms with Gasteiger partial charge in [-0.25, -0.2) is 4.79 Å². The normalized spacial score (nSPS) is 10.1. The van der Waals surface area contributed by atoms with Gasteiger partial charge in [-0.3, -0.25) is 10.1 Å². The van der Waals surface area contributed by atoms with Crippen molar-refractivity contribution in [1.82, 2.24) is 4.98 Å². The summed E-state index contributed by atoms with van der Waals surface area (Å²) in [7, 11) is 1.23. The molecule has 0 radical (unpaired) electrons. The average Bonchev–Trinajstić information content (AvgIpc) is 2.79. The Kier molecular flexibility index (Phi) is 4.16. The number of hydrogen-bond acceptors (Lipinski definition) is 7. The molecule has 0 aliphatic heterocycles. The number of esters is 1. The zero-order valence-electron chi connectivity index (χ0n) is 10.0. The van der Waals surface area contributed by atoms with Crippen molar-refractivity contribution in [1.29, 1.82) is 0 Å². The van der Waals surface area contributed by atoms with Crippen molar-refractivity contribution in [2.45, 2.75) is 0 Å². The number of nitro groups is 1. The number of methoxy groups -OCH3 is 1. The molecular formula is C11H7ClN2O5S. The maximum Gasteiger partial charge on any atom is 0.351 e. The van der Waals surface area contributed by atoms with Crippen molar-refractivity contribution in [3.63, 3.8) is 0 Å². The molecule has 0 fully saturated rings. The molecule has 0 saturated heterocycles. The van der Waals surface area contributed by atoms with Crippen LogP contribution in [0.15, 0.2) is 24.3 Å². The number of thiazole rings is 1. The third-order valence-electron chi connectivity index (χ3n) is 2.19. The Bertz CT molecular complexity index is 655. The summed E-state index contributed by atoms with van der Waals surface area (Å²) in [6.07, 6.45) is 0. The minimum atomic E-state index is -0.606. The number of aromatic nitrogens is 1. The number of non-ortho nitro benzene ring substituents is 1. The SMILES string of the molecule is COC(=O)c1sc(Oc2ccc([N+](=O)[O-])cc2)nc1Cl. The molecule has 104 valence electrons. The second-order valence-electron chi connectivity index (χ2n) is 3.44. The molecule has 1 heterocycles. The number of nitro benzene ring substituents is 1. The van der Waals surface area contributed by atoms with Crippen molar-refractivity contribution >= 4 is 34.6 Å². The highest BCUT2D eigenvalue weighted by molar-refractivity contribution is 7.15. The summed E-state index contributed by atoms with van der Waals surface area (Å²) in [6, 6.07) is 5.44. The number of benzene rings is 1. The second kappa shape index (κ2) is 5.85. The molecule has 0 aliphatic carbocycles. The smallest absolute Gasteiger partial charge is 0.351 e. The van der Waals surface area contributed by atoms with Crippen LogP contribution < -0.4 is 4.74 Å². The first kappa shape index (κ1) is 14.2. The van der Waals surface area contributed by atoms with Gasteiger partial charge >= 0.3 is 5.97 Å². The van der Waals surface area contributed by atoms with Gasteiger partial charge in [-0.05, 0) is 12.1 Å². The summed E-state index contributed by atoms with van der Waals surface area (Å²) in [5.74, 6) is -0.261. The van der Waals surface area contributed by atoms with Crippen LogP contribution in [0.25, 0.3) is 0 Å². The Balaban J connectivity index is 2.18. The first-order valence-corrected chi connectivity index (χ1v) is 6.37. The Labute approximate surface area is 121 Å². The number of rotatable bonds is 4. The van der Waals surface area contributed by atoms with Crippen LogP contribution in [0.5, 0.6) is 10.9 Å². The van der Waals surface area contributed by atoms with Crippen LogP contribution in [0, 0.1) is 10.1 Å². The molecular weight excluding hydrogens is 308 g/mol. The Morgan fingerprint density at radius 2 is 2.05 bits per heavy atom. The van der Waals surface area contributed by atoms with E-state index in [1.807, 2.05) is 0 Å². The highest BCUT2D eigenvalue weighted by atomic mass is 35.5. The Morgan fingerprint density at radius 1 is 1.40 bits per heavy atom. The van der Waals surface area contributed by atoms with Gasteiger partial charge in [-0.2, -0.15) is 4.98 Å². The predicted molar refractivity (Wildman–Crippen MR) is 71.6 cm³/mol. The summed E-state index contributed by atoms with van der Waals surface area (Å²) in [5.41, 5.74) is -0.0511. The van der Waals surface area contributed by atoms with Gasteiger partial charge in [0.1, 0.15) is 5.75 Å². The molecule has 20 heavy (non-hydrogen) atoms. The predicted octanol–water partition coefficient (Wildman–Crippen LogP) is 3.28. The molecule has 1 aromatic carbocycles. The Morgan fingerprint density at radius 3 is 2.60 bits per heavy atom. The molecule has 0 saturated carbocycles. The first-order chi connectivity index (χ1) is 9.51. The molecule has 0 aliphatic rings. The summed E-state index contributed by atoms with van der Waals surface area (Å²) in [5, 5.41) is 10.6. The minimum absolute atomic E-state index is 0.0150. The van der Waals surface area contributed by atoms with Crippen LogP contribution in [0.4, 0.5) is 5.69 Å². The monoisotopic (exact) mass is 314 g/mol. The maximum absolute atomic E-state index is 11.4. The number of hydrogen-bond donors (Lipinski definition) is 0.